The van der Waals surface area contributed by atoms with Crippen molar-refractivity contribution in [3.8, 4) is 11.5 Å². The Kier molecular flexibility index (Phi) is 6.82. The van der Waals surface area contributed by atoms with Crippen LogP contribution in [0.1, 0.15) is 30.1 Å². The maximum atomic E-state index is 11.8. The predicted octanol–water partition coefficient (Wildman–Crippen LogP) is 3.03. The van der Waals surface area contributed by atoms with E-state index in [1.54, 1.807) is 13.3 Å². The summed E-state index contributed by atoms with van der Waals surface area (Å²) in [7, 11) is 1.62. The van der Waals surface area contributed by atoms with Crippen molar-refractivity contribution in [2.45, 2.75) is 31.5 Å². The lowest BCUT2D eigenvalue weighted by Crippen LogP contribution is -2.43. The molecule has 10 heteroatoms. The van der Waals surface area contributed by atoms with E-state index in [4.69, 9.17) is 9.47 Å². The molecule has 2 N–H and O–H groups in total. The summed E-state index contributed by atoms with van der Waals surface area (Å²) in [5.41, 5.74) is 2.54. The van der Waals surface area contributed by atoms with Crippen molar-refractivity contribution in [1.29, 1.82) is 0 Å². The van der Waals surface area contributed by atoms with Crippen molar-refractivity contribution >= 4 is 22.6 Å². The van der Waals surface area contributed by atoms with Gasteiger partial charge in [0.2, 0.25) is 0 Å². The van der Waals surface area contributed by atoms with E-state index < -0.39 is 6.04 Å². The molecule has 1 unspecified atom stereocenters. The number of methoxy groups -OCH3 is 1. The molecule has 0 bridgehead atoms. The van der Waals surface area contributed by atoms with Crippen LogP contribution in [0.2, 0.25) is 0 Å². The minimum absolute atomic E-state index is 0.0247. The molecule has 10 nitrogen and oxygen atoms in total. The highest BCUT2D eigenvalue weighted by Crippen LogP contribution is 2.30. The number of nitroso groups, excluding NO2 is 1. The fourth-order valence-electron chi connectivity index (χ4n) is 4.67. The van der Waals surface area contributed by atoms with Gasteiger partial charge in [0.1, 0.15) is 11.8 Å². The summed E-state index contributed by atoms with van der Waals surface area (Å²) in [6.45, 7) is 2.95. The van der Waals surface area contributed by atoms with Crippen LogP contribution in [0, 0.1) is 4.91 Å². The molecule has 0 saturated carbocycles. The number of carbonyl (C=O) groups excluding carboxylic acids is 1. The van der Waals surface area contributed by atoms with Gasteiger partial charge in [-0.3, -0.25) is 9.78 Å². The third-order valence-corrected chi connectivity index (χ3v) is 6.59. The molecule has 1 fully saturated rings. The number of pyridine rings is 2. The summed E-state index contributed by atoms with van der Waals surface area (Å²) >= 11 is 0. The highest BCUT2D eigenvalue weighted by molar-refractivity contribution is 5.94. The highest BCUT2D eigenvalue weighted by atomic mass is 16.5. The van der Waals surface area contributed by atoms with Crippen LogP contribution in [-0.4, -0.2) is 60.2 Å². The minimum atomic E-state index is -0.478. The van der Waals surface area contributed by atoms with E-state index in [9.17, 15) is 9.70 Å². The van der Waals surface area contributed by atoms with Crippen LogP contribution in [-0.2, 0) is 11.3 Å². The van der Waals surface area contributed by atoms with Gasteiger partial charge in [-0.1, -0.05) is 5.18 Å². The molecular formula is C25H28N6O4. The van der Waals surface area contributed by atoms with Gasteiger partial charge in [0.25, 0.3) is 5.91 Å². The molecule has 1 aromatic carbocycles. The molecule has 2 aromatic heterocycles. The zero-order valence-electron chi connectivity index (χ0n) is 19.6. The van der Waals surface area contributed by atoms with Gasteiger partial charge < -0.3 is 25.0 Å². The van der Waals surface area contributed by atoms with Crippen LogP contribution in [0.4, 0.5) is 5.82 Å². The molecule has 0 radical (unpaired) electrons. The fourth-order valence-corrected chi connectivity index (χ4v) is 4.67. The van der Waals surface area contributed by atoms with Crippen LogP contribution in [0.5, 0.6) is 11.5 Å². The second-order valence-corrected chi connectivity index (χ2v) is 8.85. The van der Waals surface area contributed by atoms with Gasteiger partial charge in [0.15, 0.2) is 18.2 Å². The first-order chi connectivity index (χ1) is 17.1. The van der Waals surface area contributed by atoms with E-state index >= 15 is 0 Å². The van der Waals surface area contributed by atoms with E-state index in [-0.39, 0.29) is 12.5 Å². The summed E-state index contributed by atoms with van der Waals surface area (Å²) in [6.07, 6.45) is 3.65. The van der Waals surface area contributed by atoms with E-state index in [1.807, 2.05) is 36.4 Å². The quantitative estimate of drug-likeness (QED) is 0.477. The van der Waals surface area contributed by atoms with Crippen molar-refractivity contribution in [1.82, 2.24) is 20.2 Å². The summed E-state index contributed by atoms with van der Waals surface area (Å²) < 4.78 is 10.7. The number of anilines is 1. The third-order valence-electron chi connectivity index (χ3n) is 6.59. The molecule has 3 aromatic rings. The van der Waals surface area contributed by atoms with Crippen LogP contribution in [0.3, 0.4) is 0 Å². The number of nitrogens with zero attached hydrogens (tertiary/aromatic N) is 4. The zero-order valence-corrected chi connectivity index (χ0v) is 19.6. The van der Waals surface area contributed by atoms with Crippen molar-refractivity contribution in [2.24, 2.45) is 5.18 Å². The SMILES string of the molecule is COc1ccc2nccc(C(CN3CCC(NCc4ccc5c(n4)NC(=O)CO5)CC3)N=O)c2c1. The molecule has 2 aliphatic rings. The number of aromatic nitrogens is 2. The minimum Gasteiger partial charge on any atom is -0.497 e. The number of hydrogen-bond donors (Lipinski definition) is 2. The second-order valence-electron chi connectivity index (χ2n) is 8.85. The maximum Gasteiger partial charge on any atom is 0.263 e. The van der Waals surface area contributed by atoms with Crippen LogP contribution < -0.4 is 20.1 Å². The lowest BCUT2D eigenvalue weighted by Gasteiger charge is -2.33. The van der Waals surface area contributed by atoms with Crippen molar-refractivity contribution in [3.63, 3.8) is 0 Å². The van der Waals surface area contributed by atoms with Crippen molar-refractivity contribution in [2.75, 3.05) is 38.7 Å². The summed E-state index contributed by atoms with van der Waals surface area (Å²) in [6, 6.07) is 11.2. The number of benzene rings is 1. The Balaban J connectivity index is 1.16. The summed E-state index contributed by atoms with van der Waals surface area (Å²) in [5, 5.41) is 10.7. The van der Waals surface area contributed by atoms with Gasteiger partial charge >= 0.3 is 0 Å². The lowest BCUT2D eigenvalue weighted by atomic mass is 9.99. The van der Waals surface area contributed by atoms with Crippen LogP contribution in [0.25, 0.3) is 10.9 Å². The first-order valence-electron chi connectivity index (χ1n) is 11.8. The largest absolute Gasteiger partial charge is 0.497 e. The molecule has 4 heterocycles. The van der Waals surface area contributed by atoms with Gasteiger partial charge in [-0.2, -0.15) is 4.91 Å². The summed E-state index contributed by atoms with van der Waals surface area (Å²) in [5.74, 6) is 1.61. The zero-order chi connectivity index (χ0) is 24.2. The average Bonchev–Trinajstić information content (AvgIpc) is 2.90. The van der Waals surface area contributed by atoms with Gasteiger partial charge in [0.05, 0.1) is 18.3 Å². The van der Waals surface area contributed by atoms with Crippen molar-refractivity contribution in [3.05, 3.63) is 58.8 Å². The van der Waals surface area contributed by atoms with E-state index in [2.05, 4.69) is 30.7 Å². The van der Waals surface area contributed by atoms with Gasteiger partial charge in [0, 0.05) is 30.7 Å². The average molecular weight is 477 g/mol. The standard InChI is InChI=1S/C25H28N6O4/c1-34-18-3-4-21-20(12-18)19(6-9-26-21)22(30-33)14-31-10-7-16(8-11-31)27-13-17-2-5-23-25(28-17)29-24(32)15-35-23/h2-6,9,12,16,22,27H,7-8,10-11,13-15H2,1H3,(H,28,29,32). The Morgan fingerprint density at radius 1 is 1.26 bits per heavy atom. The van der Waals surface area contributed by atoms with Crippen LogP contribution >= 0.6 is 0 Å². The van der Waals surface area contributed by atoms with Crippen LogP contribution in [0.15, 0.2) is 47.8 Å². The Bertz CT molecular complexity index is 1230. The molecule has 0 spiro atoms. The second kappa shape index (κ2) is 10.3. The molecular weight excluding hydrogens is 448 g/mol. The monoisotopic (exact) mass is 476 g/mol. The number of fused-ring (bicyclic) bond motifs is 2. The highest BCUT2D eigenvalue weighted by Gasteiger charge is 2.24. The molecule has 1 amide bonds. The van der Waals surface area contributed by atoms with E-state index in [0.717, 1.165) is 53.8 Å². The molecule has 2 aliphatic heterocycles. The van der Waals surface area contributed by atoms with Gasteiger partial charge in [-0.25, -0.2) is 4.98 Å². The third kappa shape index (κ3) is 5.23. The van der Waals surface area contributed by atoms with E-state index in [1.165, 1.54) is 0 Å². The molecule has 1 atom stereocenters. The Labute approximate surface area is 203 Å². The molecule has 35 heavy (non-hydrogen) atoms. The predicted molar refractivity (Wildman–Crippen MR) is 131 cm³/mol. The van der Waals surface area contributed by atoms with E-state index in [0.29, 0.717) is 30.7 Å². The Morgan fingerprint density at radius 3 is 2.91 bits per heavy atom. The van der Waals surface area contributed by atoms with Gasteiger partial charge in [-0.15, -0.1) is 0 Å². The smallest absolute Gasteiger partial charge is 0.263 e. The van der Waals surface area contributed by atoms with Gasteiger partial charge in [-0.05, 0) is 67.9 Å². The van der Waals surface area contributed by atoms with Crippen molar-refractivity contribution < 1.29 is 14.3 Å². The number of amides is 1. The number of nitrogens with one attached hydrogen (secondary N) is 2. The lowest BCUT2D eigenvalue weighted by molar-refractivity contribution is -0.118. The first kappa shape index (κ1) is 23.1. The summed E-state index contributed by atoms with van der Waals surface area (Å²) in [4.78, 5) is 34.6. The fraction of sp³-hybridized carbons (Fsp3) is 0.400. The number of likely N-dealkylation sites (tertiary alicyclic amines) is 1. The molecule has 1 saturated heterocycles. The molecule has 182 valence electrons. The Hall–Kier alpha value is -3.63. The number of piperidine rings is 1. The Morgan fingerprint density at radius 2 is 2.11 bits per heavy atom. The number of hydrogen-bond acceptors (Lipinski definition) is 9. The maximum absolute atomic E-state index is 11.8. The molecule has 0 aliphatic carbocycles. The normalized spacial score (nSPS) is 17.3. The number of rotatable bonds is 8. The number of carbonyl (C=O) groups is 1. The molecule has 5 rings (SSSR count). The first-order valence-corrected chi connectivity index (χ1v) is 11.8. The topological polar surface area (TPSA) is 118 Å². The number of ether oxygens (including phenoxy) is 2.